The second-order valence-electron chi connectivity index (χ2n) is 9.00. The number of rotatable bonds is 5. The number of aromatic nitrogens is 2. The number of nitrogens with one attached hydrogen (secondary N) is 1. The summed E-state index contributed by atoms with van der Waals surface area (Å²) in [5, 5.41) is 11.7. The fourth-order valence-electron chi connectivity index (χ4n) is 4.24. The third-order valence-corrected chi connectivity index (χ3v) is 7.22. The lowest BCUT2D eigenvalue weighted by atomic mass is 9.78. The molecule has 0 aromatic carbocycles. The summed E-state index contributed by atoms with van der Waals surface area (Å²) in [6.07, 6.45) is -2.09. The molecule has 2 aromatic rings. The zero-order valence-corrected chi connectivity index (χ0v) is 19.0. The first-order valence-electron chi connectivity index (χ1n) is 10.5. The number of alkyl halides is 5. The number of hydrogen-bond donors (Lipinski definition) is 2. The van der Waals surface area contributed by atoms with Crippen LogP contribution < -0.4 is 5.32 Å². The number of pyridine rings is 1. The smallest absolute Gasteiger partial charge is 0.417 e. The molecule has 2 aromatic heterocycles. The quantitative estimate of drug-likeness (QED) is 0.547. The van der Waals surface area contributed by atoms with Gasteiger partial charge in [-0.2, -0.15) is 13.2 Å². The van der Waals surface area contributed by atoms with E-state index in [4.69, 9.17) is 0 Å². The first kappa shape index (κ1) is 24.3. The van der Waals surface area contributed by atoms with Gasteiger partial charge in [0, 0.05) is 29.8 Å². The van der Waals surface area contributed by atoms with E-state index in [1.165, 1.54) is 6.92 Å². The third-order valence-electron chi connectivity index (χ3n) is 6.14. The van der Waals surface area contributed by atoms with Gasteiger partial charge in [-0.3, -0.25) is 4.79 Å². The highest BCUT2D eigenvalue weighted by molar-refractivity contribution is 7.17. The highest BCUT2D eigenvalue weighted by Gasteiger charge is 2.46. The number of hydrogen-bond acceptors (Lipinski definition) is 6. The molecule has 1 aliphatic carbocycles. The number of carbonyl (C=O) groups excluding carboxylic acids is 1. The van der Waals surface area contributed by atoms with Crippen molar-refractivity contribution >= 4 is 29.0 Å². The van der Waals surface area contributed by atoms with Gasteiger partial charge in [-0.25, -0.2) is 23.5 Å². The Balaban J connectivity index is 1.80. The van der Waals surface area contributed by atoms with Crippen LogP contribution in [0.1, 0.15) is 65.4 Å². The topological polar surface area (TPSA) is 95.4 Å². The Kier molecular flexibility index (Phi) is 5.82. The van der Waals surface area contributed by atoms with E-state index in [9.17, 15) is 36.6 Å². The van der Waals surface area contributed by atoms with Crippen molar-refractivity contribution in [2.75, 3.05) is 11.9 Å². The van der Waals surface area contributed by atoms with Crippen molar-refractivity contribution in [1.29, 1.82) is 0 Å². The highest BCUT2D eigenvalue weighted by atomic mass is 32.1. The molecule has 2 fully saturated rings. The van der Waals surface area contributed by atoms with Crippen LogP contribution in [0.2, 0.25) is 0 Å². The SMILES string of the molecule is CC1CC(F)(F)CN1C(=O)c1nc(C(=O)O)sc1-c1cnc(NC2(C)CCC2)cc1C(F)(F)F. The summed E-state index contributed by atoms with van der Waals surface area (Å²) in [5.41, 5.74) is -2.67. The van der Waals surface area contributed by atoms with Gasteiger partial charge >= 0.3 is 12.1 Å². The minimum absolute atomic E-state index is 0.0121. The number of anilines is 1. The Morgan fingerprint density at radius 2 is 1.97 bits per heavy atom. The molecule has 4 rings (SSSR count). The minimum Gasteiger partial charge on any atom is -0.476 e. The Bertz CT molecular complexity index is 1150. The maximum Gasteiger partial charge on any atom is 0.417 e. The van der Waals surface area contributed by atoms with E-state index in [2.05, 4.69) is 15.3 Å². The third kappa shape index (κ3) is 4.57. The molecule has 1 amide bonds. The van der Waals surface area contributed by atoms with Crippen molar-refractivity contribution in [3.8, 4) is 10.4 Å². The molecule has 0 bridgehead atoms. The molecule has 1 saturated carbocycles. The van der Waals surface area contributed by atoms with E-state index in [-0.39, 0.29) is 16.2 Å². The van der Waals surface area contributed by atoms with Gasteiger partial charge in [0.1, 0.15) is 11.5 Å². The Morgan fingerprint density at radius 3 is 2.47 bits per heavy atom. The number of nitrogens with zero attached hydrogens (tertiary/aromatic N) is 3. The monoisotopic (exact) mass is 504 g/mol. The molecule has 1 unspecified atom stereocenters. The van der Waals surface area contributed by atoms with Crippen LogP contribution in [-0.2, 0) is 6.18 Å². The van der Waals surface area contributed by atoms with E-state index in [1.54, 1.807) is 0 Å². The first-order chi connectivity index (χ1) is 15.7. The van der Waals surface area contributed by atoms with Gasteiger partial charge in [-0.1, -0.05) is 0 Å². The Labute approximate surface area is 195 Å². The van der Waals surface area contributed by atoms with Crippen molar-refractivity contribution < 1.29 is 36.6 Å². The molecule has 2 aliphatic rings. The molecule has 34 heavy (non-hydrogen) atoms. The zero-order valence-electron chi connectivity index (χ0n) is 18.2. The van der Waals surface area contributed by atoms with Gasteiger partial charge < -0.3 is 15.3 Å². The first-order valence-corrected chi connectivity index (χ1v) is 11.3. The number of thiazole rings is 1. The van der Waals surface area contributed by atoms with Crippen molar-refractivity contribution in [3.05, 3.63) is 28.5 Å². The van der Waals surface area contributed by atoms with Crippen molar-refractivity contribution in [2.45, 2.75) is 63.2 Å². The summed E-state index contributed by atoms with van der Waals surface area (Å²) in [6.45, 7) is 2.32. The summed E-state index contributed by atoms with van der Waals surface area (Å²) in [4.78, 5) is 32.8. The summed E-state index contributed by atoms with van der Waals surface area (Å²) in [6, 6.07) is -0.0970. The van der Waals surface area contributed by atoms with Crippen LogP contribution in [0.15, 0.2) is 12.3 Å². The van der Waals surface area contributed by atoms with Crippen LogP contribution in [0.5, 0.6) is 0 Å². The van der Waals surface area contributed by atoms with Crippen molar-refractivity contribution in [1.82, 2.24) is 14.9 Å². The maximum absolute atomic E-state index is 14.0. The fourth-order valence-corrected chi connectivity index (χ4v) is 5.16. The number of carboxylic acid groups (broad SMARTS) is 1. The summed E-state index contributed by atoms with van der Waals surface area (Å²) in [5.74, 6) is -5.78. The van der Waals surface area contributed by atoms with Gasteiger partial charge in [-0.05, 0) is 39.2 Å². The fraction of sp³-hybridized carbons (Fsp3) is 0.524. The van der Waals surface area contributed by atoms with Crippen LogP contribution in [-0.4, -0.2) is 55.9 Å². The molecule has 0 spiro atoms. The predicted octanol–water partition coefficient (Wildman–Crippen LogP) is 5.15. The number of carbonyl (C=O) groups is 2. The van der Waals surface area contributed by atoms with E-state index < -0.39 is 64.8 Å². The number of amides is 1. The normalized spacial score (nSPS) is 21.3. The molecule has 0 radical (unpaired) electrons. The zero-order chi connectivity index (χ0) is 25.1. The lowest BCUT2D eigenvalue weighted by molar-refractivity contribution is -0.137. The number of halogens is 5. The van der Waals surface area contributed by atoms with Crippen molar-refractivity contribution in [2.24, 2.45) is 0 Å². The largest absolute Gasteiger partial charge is 0.476 e. The minimum atomic E-state index is -4.86. The molecule has 1 aliphatic heterocycles. The molecule has 184 valence electrons. The molecule has 1 saturated heterocycles. The maximum atomic E-state index is 14.0. The lowest BCUT2D eigenvalue weighted by Gasteiger charge is -2.39. The molecule has 13 heteroatoms. The average Bonchev–Trinajstić information content (AvgIpc) is 3.26. The van der Waals surface area contributed by atoms with E-state index in [0.29, 0.717) is 11.3 Å². The summed E-state index contributed by atoms with van der Waals surface area (Å²) >= 11 is 0.368. The lowest BCUT2D eigenvalue weighted by Crippen LogP contribution is -2.41. The van der Waals surface area contributed by atoms with Gasteiger partial charge in [0.15, 0.2) is 0 Å². The highest BCUT2D eigenvalue weighted by Crippen LogP contribution is 2.43. The predicted molar refractivity (Wildman–Crippen MR) is 113 cm³/mol. The summed E-state index contributed by atoms with van der Waals surface area (Å²) < 4.78 is 69.8. The van der Waals surface area contributed by atoms with Gasteiger partial charge in [-0.15, -0.1) is 11.3 Å². The molecule has 7 nitrogen and oxygen atoms in total. The van der Waals surface area contributed by atoms with Crippen molar-refractivity contribution in [3.63, 3.8) is 0 Å². The molecule has 2 N–H and O–H groups in total. The molecule has 1 atom stereocenters. The standard InChI is InChI=1S/C21H21F5N4O3S/c1-10-7-20(22,23)9-30(10)17(31)14-15(34-16(28-14)18(32)33)11-8-27-13(6-12(11)21(24,25)26)29-19(2)4-3-5-19/h6,8,10H,3-5,7,9H2,1-2H3,(H,27,29)(H,32,33). The molecule has 3 heterocycles. The van der Waals surface area contributed by atoms with E-state index in [1.807, 2.05) is 6.92 Å². The Morgan fingerprint density at radius 1 is 1.29 bits per heavy atom. The van der Waals surface area contributed by atoms with Gasteiger partial charge in [0.25, 0.3) is 11.8 Å². The Hall–Kier alpha value is -2.83. The number of aromatic carboxylic acids is 1. The second kappa shape index (κ2) is 8.14. The van der Waals surface area contributed by atoms with Gasteiger partial charge in [0.2, 0.25) is 5.01 Å². The van der Waals surface area contributed by atoms with Crippen LogP contribution in [0.3, 0.4) is 0 Å². The van der Waals surface area contributed by atoms with E-state index >= 15 is 0 Å². The van der Waals surface area contributed by atoms with Crippen LogP contribution in [0, 0.1) is 0 Å². The van der Waals surface area contributed by atoms with Crippen LogP contribution >= 0.6 is 11.3 Å². The second-order valence-corrected chi connectivity index (χ2v) is 10.00. The average molecular weight is 504 g/mol. The van der Waals surface area contributed by atoms with Crippen LogP contribution in [0.25, 0.3) is 10.4 Å². The van der Waals surface area contributed by atoms with Crippen LogP contribution in [0.4, 0.5) is 27.8 Å². The van der Waals surface area contributed by atoms with Gasteiger partial charge in [0.05, 0.1) is 17.0 Å². The number of carboxylic acids is 1. The number of likely N-dealkylation sites (tertiary alicyclic amines) is 1. The molecular formula is C21H21F5N4O3S. The molecular weight excluding hydrogens is 483 g/mol. The summed E-state index contributed by atoms with van der Waals surface area (Å²) in [7, 11) is 0. The van der Waals surface area contributed by atoms with E-state index in [0.717, 1.165) is 36.4 Å².